The van der Waals surface area contributed by atoms with Crippen LogP contribution in [0.4, 0.5) is 0 Å². The summed E-state index contributed by atoms with van der Waals surface area (Å²) >= 11 is 3.94. The molecule has 4 heteroatoms. The number of para-hydroxylation sites is 1. The van der Waals surface area contributed by atoms with E-state index >= 15 is 0 Å². The Morgan fingerprint density at radius 2 is 1.17 bits per heavy atom. The highest BCUT2D eigenvalue weighted by Gasteiger charge is 2.23. The van der Waals surface area contributed by atoms with Gasteiger partial charge < -0.3 is 9.13 Å². The summed E-state index contributed by atoms with van der Waals surface area (Å²) in [6.45, 7) is 10.5. The van der Waals surface area contributed by atoms with E-state index < -0.39 is 0 Å². The first kappa shape index (κ1) is 30.2. The molecular weight excluding hydrogens is 537 g/mol. The molecule has 4 aromatic rings. The fraction of sp³-hybridized carbons (Fsp3) is 0.514. The maximum Gasteiger partial charge on any atom is 0.0707 e. The molecule has 0 N–H and O–H groups in total. The van der Waals surface area contributed by atoms with Crippen molar-refractivity contribution in [2.75, 3.05) is 0 Å². The molecule has 41 heavy (non-hydrogen) atoms. The van der Waals surface area contributed by atoms with Gasteiger partial charge in [-0.25, -0.2) is 0 Å². The van der Waals surface area contributed by atoms with Gasteiger partial charge in [-0.2, -0.15) is 0 Å². The molecule has 2 aliphatic carbocycles. The van der Waals surface area contributed by atoms with E-state index in [9.17, 15) is 0 Å². The van der Waals surface area contributed by atoms with E-state index in [1.165, 1.54) is 131 Å². The van der Waals surface area contributed by atoms with E-state index in [1.807, 2.05) is 36.5 Å². The molecule has 0 aliphatic heterocycles. The molecule has 6 rings (SSSR count). The zero-order valence-electron chi connectivity index (χ0n) is 25.7. The lowest BCUT2D eigenvalue weighted by molar-refractivity contribution is 0.377. The molecule has 0 bridgehead atoms. The van der Waals surface area contributed by atoms with Gasteiger partial charge in [-0.05, 0) is 62.9 Å². The lowest BCUT2D eigenvalue weighted by Gasteiger charge is -2.30. The predicted octanol–water partition coefficient (Wildman–Crippen LogP) is 13.3. The molecule has 0 atom stereocenters. The van der Waals surface area contributed by atoms with Crippen molar-refractivity contribution in [3.8, 4) is 0 Å². The molecule has 220 valence electrons. The molecule has 2 saturated carbocycles. The Morgan fingerprint density at radius 3 is 1.76 bits per heavy atom. The van der Waals surface area contributed by atoms with Crippen LogP contribution in [0.3, 0.4) is 0 Å². The monoisotopic (exact) mass is 586 g/mol. The van der Waals surface area contributed by atoms with E-state index in [2.05, 4.69) is 77.3 Å². The van der Waals surface area contributed by atoms with Gasteiger partial charge in [-0.3, -0.25) is 0 Å². The maximum atomic E-state index is 4.30. The van der Waals surface area contributed by atoms with E-state index in [0.717, 1.165) is 0 Å². The molecule has 0 amide bonds. The molecule has 0 saturated heterocycles. The second-order valence-electron chi connectivity index (χ2n) is 11.6. The highest BCUT2D eigenvalue weighted by molar-refractivity contribution is 7.30. The van der Waals surface area contributed by atoms with Crippen molar-refractivity contribution in [2.24, 2.45) is 0 Å². The number of allylic oxidation sites excluding steroid dienone is 1. The molecule has 2 aromatic heterocycles. The van der Waals surface area contributed by atoms with Gasteiger partial charge >= 0.3 is 0 Å². The molecule has 2 aliphatic rings. The number of nitrogens with zero attached hydrogens (tertiary/aromatic N) is 2. The van der Waals surface area contributed by atoms with Crippen molar-refractivity contribution >= 4 is 65.5 Å². The van der Waals surface area contributed by atoms with Crippen LogP contribution in [0.25, 0.3) is 42.8 Å². The third kappa shape index (κ3) is 6.39. The Kier molecular flexibility index (Phi) is 10.8. The lowest BCUT2D eigenvalue weighted by atomic mass is 9.95. The standard InChI is InChI=1S/C35H44N2S2.C2H6/c1-3-17-28-32(4-2)38-34-30(36(28)26-18-11-7-5-8-12-19-26)24-25-31-35(34)39-33-23-16-15-22-29(33)37(31)27-20-13-9-6-10-14-21-27;1-2/h3-4,15-17,22-27H,2,5-14,18-21H2,1H3;1-2H3/b17-3-;. The molecule has 2 aromatic carbocycles. The third-order valence-corrected chi connectivity index (χ3v) is 11.6. The van der Waals surface area contributed by atoms with E-state index in [1.54, 1.807) is 0 Å². The first-order chi connectivity index (χ1) is 20.3. The predicted molar refractivity (Wildman–Crippen MR) is 187 cm³/mol. The number of rotatable bonds is 4. The van der Waals surface area contributed by atoms with Crippen LogP contribution in [0, 0.1) is 0 Å². The molecule has 0 unspecified atom stereocenters. The molecule has 2 nitrogen and oxygen atoms in total. The summed E-state index contributed by atoms with van der Waals surface area (Å²) in [5.41, 5.74) is 5.58. The van der Waals surface area contributed by atoms with Crippen molar-refractivity contribution in [3.63, 3.8) is 0 Å². The first-order valence-electron chi connectivity index (χ1n) is 16.5. The minimum absolute atomic E-state index is 0.548. The molecule has 2 heterocycles. The van der Waals surface area contributed by atoms with Crippen LogP contribution in [0.5, 0.6) is 0 Å². The summed E-state index contributed by atoms with van der Waals surface area (Å²) in [5, 5.41) is 0. The summed E-state index contributed by atoms with van der Waals surface area (Å²) in [5.74, 6) is 0. The van der Waals surface area contributed by atoms with Gasteiger partial charge in [0.05, 0.1) is 41.2 Å². The molecule has 2 fully saturated rings. The Hall–Kier alpha value is -2.30. The Balaban J connectivity index is 0.00000165. The minimum atomic E-state index is 0.548. The summed E-state index contributed by atoms with van der Waals surface area (Å²) in [4.78, 5) is 1.30. The fourth-order valence-electron chi connectivity index (χ4n) is 7.15. The van der Waals surface area contributed by atoms with Crippen LogP contribution in [0.2, 0.25) is 0 Å². The molecule has 0 radical (unpaired) electrons. The van der Waals surface area contributed by atoms with Gasteiger partial charge in [0, 0.05) is 12.1 Å². The normalized spacial score (nSPS) is 18.0. The van der Waals surface area contributed by atoms with Gasteiger partial charge in [-0.1, -0.05) is 109 Å². The van der Waals surface area contributed by atoms with Crippen LogP contribution < -0.4 is 0 Å². The zero-order chi connectivity index (χ0) is 28.6. The number of aromatic nitrogens is 2. The second-order valence-corrected chi connectivity index (χ2v) is 13.7. The Morgan fingerprint density at radius 1 is 0.659 bits per heavy atom. The van der Waals surface area contributed by atoms with Crippen LogP contribution in [0.15, 0.2) is 49.1 Å². The van der Waals surface area contributed by atoms with Gasteiger partial charge in [-0.15, -0.1) is 22.7 Å². The fourth-order valence-corrected chi connectivity index (χ4v) is 9.55. The van der Waals surface area contributed by atoms with Crippen molar-refractivity contribution in [2.45, 2.75) is 123 Å². The maximum absolute atomic E-state index is 4.30. The third-order valence-electron chi connectivity index (χ3n) is 9.04. The topological polar surface area (TPSA) is 9.86 Å². The van der Waals surface area contributed by atoms with Gasteiger partial charge in [0.25, 0.3) is 0 Å². The molecular formula is C37H50N2S2. The minimum Gasteiger partial charge on any atom is -0.336 e. The summed E-state index contributed by atoms with van der Waals surface area (Å²) in [7, 11) is 0. The zero-order valence-corrected chi connectivity index (χ0v) is 27.3. The van der Waals surface area contributed by atoms with E-state index in [-0.39, 0.29) is 0 Å². The second kappa shape index (κ2) is 14.7. The summed E-state index contributed by atoms with van der Waals surface area (Å²) < 4.78 is 9.75. The Bertz CT molecular complexity index is 1510. The van der Waals surface area contributed by atoms with E-state index in [0.29, 0.717) is 12.1 Å². The average Bonchev–Trinajstić information content (AvgIpc) is 2.97. The summed E-state index contributed by atoms with van der Waals surface area (Å²) in [6, 6.07) is 15.2. The van der Waals surface area contributed by atoms with Crippen LogP contribution in [-0.2, 0) is 0 Å². The largest absolute Gasteiger partial charge is 0.336 e. The quantitative estimate of drug-likeness (QED) is 0.166. The number of benzene rings is 2. The lowest BCUT2D eigenvalue weighted by Crippen LogP contribution is -2.16. The van der Waals surface area contributed by atoms with Gasteiger partial charge in [0.1, 0.15) is 0 Å². The van der Waals surface area contributed by atoms with E-state index in [4.69, 9.17) is 0 Å². The smallest absolute Gasteiger partial charge is 0.0707 e. The first-order valence-corrected chi connectivity index (χ1v) is 18.1. The van der Waals surface area contributed by atoms with Crippen molar-refractivity contribution in [1.29, 1.82) is 0 Å². The Labute approximate surface area is 256 Å². The highest BCUT2D eigenvalue weighted by Crippen LogP contribution is 2.43. The van der Waals surface area contributed by atoms with Crippen molar-refractivity contribution in [3.05, 3.63) is 59.6 Å². The highest BCUT2D eigenvalue weighted by atomic mass is 32.1. The number of fused-ring (bicyclic) bond motifs is 4. The van der Waals surface area contributed by atoms with Gasteiger partial charge in [0.15, 0.2) is 0 Å². The van der Waals surface area contributed by atoms with Crippen LogP contribution >= 0.6 is 22.7 Å². The molecule has 0 spiro atoms. The van der Waals surface area contributed by atoms with Crippen molar-refractivity contribution in [1.82, 2.24) is 9.13 Å². The van der Waals surface area contributed by atoms with Crippen LogP contribution in [-0.4, -0.2) is 9.13 Å². The SMILES string of the molecule is C=Cc1sc2c3sc4ccccc4n(C4CCCCCCC4)c3ccc2n(C2CCCCCCC2)c1/C=C\C.CC. The average molecular weight is 587 g/mol. The van der Waals surface area contributed by atoms with Crippen LogP contribution in [0.1, 0.15) is 133 Å². The van der Waals surface area contributed by atoms with Crippen molar-refractivity contribution < 1.29 is 0 Å². The number of hydrogen-bond donors (Lipinski definition) is 0. The number of hydrogen-bond acceptors (Lipinski definition) is 2. The van der Waals surface area contributed by atoms with Gasteiger partial charge in [0.2, 0.25) is 0 Å². The summed E-state index contributed by atoms with van der Waals surface area (Å²) in [6.07, 6.45) is 25.4.